The first-order valence-corrected chi connectivity index (χ1v) is 13.8. The molecule has 0 saturated carbocycles. The molecule has 4 aromatic heterocycles. The summed E-state index contributed by atoms with van der Waals surface area (Å²) in [7, 11) is -1.04. The number of anilines is 1. The smallest absolute Gasteiger partial charge is 0.336 e. The number of fused-ring (bicyclic) bond motifs is 1. The molecule has 2 atom stereocenters. The van der Waals surface area contributed by atoms with Crippen LogP contribution >= 0.6 is 0 Å². The van der Waals surface area contributed by atoms with E-state index in [4.69, 9.17) is 9.76 Å². The highest BCUT2D eigenvalue weighted by molar-refractivity contribution is 7.91. The van der Waals surface area contributed by atoms with E-state index < -0.39 is 33.5 Å². The molecule has 1 aliphatic rings. The number of aromatic nitrogens is 5. The minimum Gasteiger partial charge on any atom is -0.336 e. The fraction of sp³-hybridized carbons (Fsp3) is 0.333. The molecule has 4 aromatic rings. The Hall–Kier alpha value is -3.94. The molecule has 0 radical (unpaired) electrons. The van der Waals surface area contributed by atoms with Gasteiger partial charge in [0.15, 0.2) is 0 Å². The number of halogens is 3. The van der Waals surface area contributed by atoms with Crippen LogP contribution in [0.4, 0.5) is 23.8 Å². The summed E-state index contributed by atoms with van der Waals surface area (Å²) in [6, 6.07) is 5.96. The first-order valence-electron chi connectivity index (χ1n) is 11.6. The number of carbonyl (C=O) groups is 1. The van der Waals surface area contributed by atoms with E-state index >= 15 is 0 Å². The average molecular weight is 547 g/mol. The topological polar surface area (TPSA) is 113 Å². The molecule has 1 saturated heterocycles. The van der Waals surface area contributed by atoms with Crippen LogP contribution in [0.15, 0.2) is 48.9 Å². The molecule has 0 aromatic carbocycles. The number of alkyl halides is 3. The van der Waals surface area contributed by atoms with Gasteiger partial charge < -0.3 is 9.47 Å². The third kappa shape index (κ3) is 4.83. The van der Waals surface area contributed by atoms with Crippen molar-refractivity contribution in [2.24, 2.45) is 7.05 Å². The molecule has 0 spiro atoms. The lowest BCUT2D eigenvalue weighted by atomic mass is 10.2. The fourth-order valence-corrected chi connectivity index (χ4v) is 5.10. The van der Waals surface area contributed by atoms with E-state index in [2.05, 4.69) is 9.97 Å². The van der Waals surface area contributed by atoms with Crippen molar-refractivity contribution in [3.05, 3.63) is 66.0 Å². The van der Waals surface area contributed by atoms with Gasteiger partial charge in [-0.25, -0.2) is 19.7 Å². The average Bonchev–Trinajstić information content (AvgIpc) is 3.53. The Bertz CT molecular complexity index is 1640. The lowest BCUT2D eigenvalue weighted by Gasteiger charge is -2.24. The zero-order valence-electron chi connectivity index (χ0n) is 20.8. The molecule has 0 bridgehead atoms. The summed E-state index contributed by atoms with van der Waals surface area (Å²) in [4.78, 5) is 29.5. The Morgan fingerprint density at radius 2 is 1.89 bits per heavy atom. The molecule has 2 amide bonds. The molecule has 14 heteroatoms. The summed E-state index contributed by atoms with van der Waals surface area (Å²) < 4.78 is 64.2. The van der Waals surface area contributed by atoms with Gasteiger partial charge in [-0.1, -0.05) is 0 Å². The number of carbonyl (C=O) groups excluding carboxylic acids is 1. The van der Waals surface area contributed by atoms with Gasteiger partial charge in [-0.3, -0.25) is 18.5 Å². The number of nitrogens with one attached hydrogen (secondary N) is 1. The van der Waals surface area contributed by atoms with Crippen LogP contribution < -0.4 is 4.90 Å². The van der Waals surface area contributed by atoms with Crippen molar-refractivity contribution in [2.45, 2.75) is 19.1 Å². The maximum absolute atomic E-state index is 13.6. The molecule has 200 valence electrons. The molecule has 5 heterocycles. The third-order valence-corrected chi connectivity index (χ3v) is 7.32. The summed E-state index contributed by atoms with van der Waals surface area (Å²) in [5.41, 5.74) is -0.0971. The van der Waals surface area contributed by atoms with Crippen molar-refractivity contribution in [3.63, 3.8) is 0 Å². The van der Waals surface area contributed by atoms with E-state index in [0.29, 0.717) is 11.6 Å². The first-order chi connectivity index (χ1) is 17.8. The van der Waals surface area contributed by atoms with Crippen molar-refractivity contribution >= 4 is 32.6 Å². The van der Waals surface area contributed by atoms with Crippen molar-refractivity contribution in [1.29, 1.82) is 4.78 Å². The monoisotopic (exact) mass is 546 g/mol. The third-order valence-electron chi connectivity index (χ3n) is 6.36. The lowest BCUT2D eigenvalue weighted by molar-refractivity contribution is -0.137. The molecule has 5 rings (SSSR count). The fourth-order valence-electron chi connectivity index (χ4n) is 4.53. The van der Waals surface area contributed by atoms with Gasteiger partial charge in [0, 0.05) is 65.0 Å². The second kappa shape index (κ2) is 9.11. The molecule has 1 aliphatic heterocycles. The molecule has 1 fully saturated rings. The SMILES string of the molecule is Cc1cc(C(F)(F)F)cc(N2C(=O)N(CCS(C)(=N)=O)C[C@H]2c2nccn2-c2ccc3ccn(C)c3n2)n1. The second-order valence-electron chi connectivity index (χ2n) is 9.34. The van der Waals surface area contributed by atoms with Crippen LogP contribution in [0.5, 0.6) is 0 Å². The molecule has 38 heavy (non-hydrogen) atoms. The van der Waals surface area contributed by atoms with E-state index in [1.807, 2.05) is 29.9 Å². The molecular weight excluding hydrogens is 521 g/mol. The predicted octanol–water partition coefficient (Wildman–Crippen LogP) is 4.14. The van der Waals surface area contributed by atoms with E-state index in [-0.39, 0.29) is 30.4 Å². The first kappa shape index (κ1) is 25.7. The Kier molecular flexibility index (Phi) is 6.16. The Morgan fingerprint density at radius 3 is 2.61 bits per heavy atom. The van der Waals surface area contributed by atoms with Gasteiger partial charge in [0.2, 0.25) is 0 Å². The predicted molar refractivity (Wildman–Crippen MR) is 136 cm³/mol. The van der Waals surface area contributed by atoms with E-state index in [9.17, 15) is 22.2 Å². The Morgan fingerprint density at radius 1 is 1.13 bits per heavy atom. The van der Waals surface area contributed by atoms with Gasteiger partial charge in [0.05, 0.1) is 12.1 Å². The quantitative estimate of drug-likeness (QED) is 0.391. The number of urea groups is 1. The van der Waals surface area contributed by atoms with Crippen LogP contribution in [-0.2, 0) is 23.0 Å². The van der Waals surface area contributed by atoms with Gasteiger partial charge >= 0.3 is 12.2 Å². The van der Waals surface area contributed by atoms with Gasteiger partial charge in [-0.05, 0) is 37.3 Å². The Labute approximate surface area is 216 Å². The summed E-state index contributed by atoms with van der Waals surface area (Å²) in [5.74, 6) is 0.655. The van der Waals surface area contributed by atoms with Gasteiger partial charge in [0.1, 0.15) is 29.1 Å². The van der Waals surface area contributed by atoms with Crippen molar-refractivity contribution in [2.75, 3.05) is 30.0 Å². The van der Waals surface area contributed by atoms with Gasteiger partial charge in [0.25, 0.3) is 0 Å². The van der Waals surface area contributed by atoms with Crippen molar-refractivity contribution in [1.82, 2.24) is 29.0 Å². The maximum atomic E-state index is 13.6. The van der Waals surface area contributed by atoms with Crippen LogP contribution in [-0.4, -0.2) is 64.3 Å². The minimum atomic E-state index is -4.63. The standard InChI is InChI=1S/C24H25F3N8O2S/c1-15-12-17(24(25,26)27)13-20(30-15)35-18(14-33(23(35)36)10-11-38(3,28)37)22-29-7-9-34(22)19-5-4-16-6-8-32(2)21(16)31-19/h4-9,12-13,18,28H,10-11,14H2,1-3H3/t18-,38?/m0/s1. The summed E-state index contributed by atoms with van der Waals surface area (Å²) in [5, 5.41) is 0.934. The largest absolute Gasteiger partial charge is 0.416 e. The molecular formula is C24H25F3N8O2S. The highest BCUT2D eigenvalue weighted by atomic mass is 32.2. The highest BCUT2D eigenvalue weighted by Crippen LogP contribution is 2.37. The Balaban J connectivity index is 1.61. The van der Waals surface area contributed by atoms with Crippen LogP contribution in [0.25, 0.3) is 16.9 Å². The van der Waals surface area contributed by atoms with Crippen LogP contribution in [0, 0.1) is 11.7 Å². The molecule has 1 unspecified atom stereocenters. The van der Waals surface area contributed by atoms with Crippen molar-refractivity contribution in [3.8, 4) is 5.82 Å². The number of pyridine rings is 2. The zero-order chi connectivity index (χ0) is 27.4. The normalized spacial score (nSPS) is 17.9. The maximum Gasteiger partial charge on any atom is 0.416 e. The molecule has 1 N–H and O–H groups in total. The van der Waals surface area contributed by atoms with Gasteiger partial charge in [-0.15, -0.1) is 0 Å². The number of hydrogen-bond donors (Lipinski definition) is 1. The summed E-state index contributed by atoms with van der Waals surface area (Å²) in [6.07, 6.45) is 1.73. The molecule has 10 nitrogen and oxygen atoms in total. The number of nitrogens with zero attached hydrogens (tertiary/aromatic N) is 7. The summed E-state index contributed by atoms with van der Waals surface area (Å²) in [6.45, 7) is 1.48. The highest BCUT2D eigenvalue weighted by Gasteiger charge is 2.43. The van der Waals surface area contributed by atoms with Gasteiger partial charge in [-0.2, -0.15) is 13.2 Å². The number of rotatable bonds is 6. The van der Waals surface area contributed by atoms with Crippen molar-refractivity contribution < 1.29 is 22.2 Å². The second-order valence-corrected chi connectivity index (χ2v) is 11.8. The van der Waals surface area contributed by atoms with Crippen LogP contribution in [0.1, 0.15) is 23.1 Å². The summed E-state index contributed by atoms with van der Waals surface area (Å²) >= 11 is 0. The van der Waals surface area contributed by atoms with Crippen LogP contribution in [0.2, 0.25) is 0 Å². The van der Waals surface area contributed by atoms with E-state index in [1.54, 1.807) is 16.8 Å². The van der Waals surface area contributed by atoms with Crippen LogP contribution in [0.3, 0.4) is 0 Å². The number of imidazole rings is 1. The zero-order valence-corrected chi connectivity index (χ0v) is 21.6. The minimum absolute atomic E-state index is 0.00310. The molecule has 0 aliphatic carbocycles. The number of hydrogen-bond acceptors (Lipinski definition) is 6. The lowest BCUT2D eigenvalue weighted by Crippen LogP contribution is -2.35. The van der Waals surface area contributed by atoms with E-state index in [0.717, 1.165) is 23.2 Å². The number of amides is 2. The number of aryl methyl sites for hydroxylation is 2. The van der Waals surface area contributed by atoms with E-state index in [1.165, 1.54) is 29.2 Å².